The van der Waals surface area contributed by atoms with Gasteiger partial charge < -0.3 is 10.1 Å². The van der Waals surface area contributed by atoms with Crippen LogP contribution in [0.2, 0.25) is 0 Å². The smallest absolute Gasteiger partial charge is 0.276 e. The number of carbonyl (C=O) groups is 1. The molecule has 0 radical (unpaired) electrons. The number of benzene rings is 3. The molecular weight excluding hydrogens is 374 g/mol. The number of aromatic nitrogens is 2. The average Bonchev–Trinajstić information content (AvgIpc) is 3.25. The monoisotopic (exact) mass is 397 g/mol. The minimum atomic E-state index is -0.238. The summed E-state index contributed by atoms with van der Waals surface area (Å²) in [5.74, 6) is 0.505. The van der Waals surface area contributed by atoms with Gasteiger partial charge in [0, 0.05) is 11.9 Å². The Labute approximate surface area is 175 Å². The summed E-state index contributed by atoms with van der Waals surface area (Å²) in [5, 5.41) is 7.27. The molecule has 4 rings (SSSR count). The van der Waals surface area contributed by atoms with Crippen molar-refractivity contribution in [2.45, 2.75) is 20.6 Å². The molecule has 1 amide bonds. The number of rotatable bonds is 6. The molecule has 0 bridgehead atoms. The van der Waals surface area contributed by atoms with E-state index in [1.54, 1.807) is 16.9 Å². The molecule has 4 aromatic rings. The molecule has 5 heteroatoms. The van der Waals surface area contributed by atoms with Crippen LogP contribution in [0.4, 0.5) is 5.69 Å². The predicted octanol–water partition coefficient (Wildman–Crippen LogP) is 5.46. The van der Waals surface area contributed by atoms with Crippen LogP contribution in [0.3, 0.4) is 0 Å². The van der Waals surface area contributed by atoms with Crippen molar-refractivity contribution in [3.8, 4) is 16.9 Å². The van der Waals surface area contributed by atoms with Crippen molar-refractivity contribution in [3.05, 3.63) is 102 Å². The molecule has 0 saturated carbocycles. The summed E-state index contributed by atoms with van der Waals surface area (Å²) in [7, 11) is 0. The first-order valence-corrected chi connectivity index (χ1v) is 9.79. The molecule has 0 aliphatic heterocycles. The van der Waals surface area contributed by atoms with Crippen LogP contribution < -0.4 is 10.1 Å². The number of hydrogen-bond donors (Lipinski definition) is 1. The number of amides is 1. The number of carbonyl (C=O) groups excluding carboxylic acids is 1. The van der Waals surface area contributed by atoms with Crippen molar-refractivity contribution < 1.29 is 9.53 Å². The first-order chi connectivity index (χ1) is 14.6. The lowest BCUT2D eigenvalue weighted by Crippen LogP contribution is -2.15. The highest BCUT2D eigenvalue weighted by atomic mass is 16.5. The van der Waals surface area contributed by atoms with Crippen molar-refractivity contribution >= 4 is 11.6 Å². The minimum absolute atomic E-state index is 0.224. The van der Waals surface area contributed by atoms with E-state index in [-0.39, 0.29) is 12.6 Å². The predicted molar refractivity (Wildman–Crippen MR) is 119 cm³/mol. The SMILES string of the molecule is Cc1cccc(C)c1NC(=O)c1ccn(COc2ccc(-c3ccccc3)cc2)n1. The number of anilines is 1. The first-order valence-electron chi connectivity index (χ1n) is 9.79. The number of aryl methyl sites for hydroxylation is 2. The van der Waals surface area contributed by atoms with Crippen LogP contribution in [-0.2, 0) is 6.73 Å². The van der Waals surface area contributed by atoms with E-state index in [0.717, 1.165) is 33.7 Å². The molecule has 1 N–H and O–H groups in total. The number of hydrogen-bond acceptors (Lipinski definition) is 3. The summed E-state index contributed by atoms with van der Waals surface area (Å²) >= 11 is 0. The van der Waals surface area contributed by atoms with Gasteiger partial charge in [-0.2, -0.15) is 5.10 Å². The molecule has 5 nitrogen and oxygen atoms in total. The van der Waals surface area contributed by atoms with E-state index in [2.05, 4.69) is 22.5 Å². The van der Waals surface area contributed by atoms with Crippen molar-refractivity contribution in [2.24, 2.45) is 0 Å². The second-order valence-corrected chi connectivity index (χ2v) is 7.13. The Hall–Kier alpha value is -3.86. The molecule has 0 saturated heterocycles. The quantitative estimate of drug-likeness (QED) is 0.470. The molecule has 1 aromatic heterocycles. The van der Waals surface area contributed by atoms with Gasteiger partial charge >= 0.3 is 0 Å². The lowest BCUT2D eigenvalue weighted by atomic mass is 10.1. The van der Waals surface area contributed by atoms with E-state index in [1.165, 1.54) is 0 Å². The largest absolute Gasteiger partial charge is 0.471 e. The van der Waals surface area contributed by atoms with Crippen LogP contribution in [0.25, 0.3) is 11.1 Å². The van der Waals surface area contributed by atoms with E-state index in [4.69, 9.17) is 4.74 Å². The lowest BCUT2D eigenvalue weighted by molar-refractivity contribution is 0.102. The average molecular weight is 397 g/mol. The fourth-order valence-corrected chi connectivity index (χ4v) is 3.26. The van der Waals surface area contributed by atoms with Gasteiger partial charge in [0.1, 0.15) is 5.75 Å². The molecule has 0 fully saturated rings. The van der Waals surface area contributed by atoms with Gasteiger partial charge in [0.15, 0.2) is 12.4 Å². The third-order valence-electron chi connectivity index (χ3n) is 4.92. The maximum Gasteiger partial charge on any atom is 0.276 e. The van der Waals surface area contributed by atoms with Gasteiger partial charge in [-0.15, -0.1) is 0 Å². The van der Waals surface area contributed by atoms with E-state index >= 15 is 0 Å². The highest BCUT2D eigenvalue weighted by molar-refractivity contribution is 6.03. The zero-order valence-electron chi connectivity index (χ0n) is 17.0. The van der Waals surface area contributed by atoms with Crippen molar-refractivity contribution in [2.75, 3.05) is 5.32 Å². The molecule has 0 unspecified atom stereocenters. The van der Waals surface area contributed by atoms with Crippen molar-refractivity contribution in [1.82, 2.24) is 9.78 Å². The highest BCUT2D eigenvalue weighted by Gasteiger charge is 2.12. The second kappa shape index (κ2) is 8.66. The van der Waals surface area contributed by atoms with Gasteiger partial charge in [-0.05, 0) is 54.3 Å². The third-order valence-corrected chi connectivity index (χ3v) is 4.92. The molecule has 150 valence electrons. The Morgan fingerprint density at radius 2 is 1.53 bits per heavy atom. The van der Waals surface area contributed by atoms with Gasteiger partial charge in [0.05, 0.1) is 0 Å². The molecular formula is C25H23N3O2. The highest BCUT2D eigenvalue weighted by Crippen LogP contribution is 2.22. The fraction of sp³-hybridized carbons (Fsp3) is 0.120. The zero-order valence-corrected chi connectivity index (χ0v) is 17.0. The van der Waals surface area contributed by atoms with Crippen molar-refractivity contribution in [3.63, 3.8) is 0 Å². The lowest BCUT2D eigenvalue weighted by Gasteiger charge is -2.10. The standard InChI is InChI=1S/C25H23N3O2/c1-18-7-6-8-19(2)24(18)26-25(29)23-15-16-28(27-23)17-30-22-13-11-21(12-14-22)20-9-4-3-5-10-20/h3-16H,17H2,1-2H3,(H,26,29). The van der Waals surface area contributed by atoms with Crippen LogP contribution in [0.5, 0.6) is 5.75 Å². The number of nitrogens with one attached hydrogen (secondary N) is 1. The molecule has 30 heavy (non-hydrogen) atoms. The summed E-state index contributed by atoms with van der Waals surface area (Å²) in [6.45, 7) is 4.16. The number of nitrogens with zero attached hydrogens (tertiary/aromatic N) is 2. The second-order valence-electron chi connectivity index (χ2n) is 7.13. The Balaban J connectivity index is 1.37. The van der Waals surface area contributed by atoms with Crippen LogP contribution in [0, 0.1) is 13.8 Å². The van der Waals surface area contributed by atoms with Crippen LogP contribution >= 0.6 is 0 Å². The minimum Gasteiger partial charge on any atom is -0.471 e. The third kappa shape index (κ3) is 4.41. The van der Waals surface area contributed by atoms with Gasteiger partial charge in [-0.25, -0.2) is 4.68 Å². The Bertz CT molecular complexity index is 1130. The molecule has 0 aliphatic carbocycles. The fourth-order valence-electron chi connectivity index (χ4n) is 3.26. The van der Waals surface area contributed by atoms with Gasteiger partial charge in [-0.1, -0.05) is 60.7 Å². The van der Waals surface area contributed by atoms with Gasteiger partial charge in [0.25, 0.3) is 5.91 Å². The Kier molecular flexibility index (Phi) is 5.61. The molecule has 3 aromatic carbocycles. The first kappa shape index (κ1) is 19.5. The van der Waals surface area contributed by atoms with Crippen LogP contribution in [0.1, 0.15) is 21.6 Å². The van der Waals surface area contributed by atoms with E-state index in [9.17, 15) is 4.79 Å². The summed E-state index contributed by atoms with van der Waals surface area (Å²) in [4.78, 5) is 12.6. The van der Waals surface area contributed by atoms with Crippen LogP contribution in [-0.4, -0.2) is 15.7 Å². The number of para-hydroxylation sites is 1. The van der Waals surface area contributed by atoms with E-state index < -0.39 is 0 Å². The summed E-state index contributed by atoms with van der Waals surface area (Å²) < 4.78 is 7.40. The maximum absolute atomic E-state index is 12.6. The molecule has 0 spiro atoms. The topological polar surface area (TPSA) is 56.2 Å². The molecule has 0 atom stereocenters. The normalized spacial score (nSPS) is 10.6. The van der Waals surface area contributed by atoms with E-state index in [1.807, 2.05) is 74.5 Å². The zero-order chi connectivity index (χ0) is 20.9. The summed E-state index contributed by atoms with van der Waals surface area (Å²) in [6, 6.07) is 25.7. The maximum atomic E-state index is 12.6. The molecule has 1 heterocycles. The Morgan fingerprint density at radius 3 is 2.23 bits per heavy atom. The van der Waals surface area contributed by atoms with Crippen LogP contribution in [0.15, 0.2) is 85.1 Å². The van der Waals surface area contributed by atoms with E-state index in [0.29, 0.717) is 5.69 Å². The summed E-state index contributed by atoms with van der Waals surface area (Å²) in [5.41, 5.74) is 5.51. The van der Waals surface area contributed by atoms with Crippen molar-refractivity contribution in [1.29, 1.82) is 0 Å². The summed E-state index contributed by atoms with van der Waals surface area (Å²) in [6.07, 6.45) is 1.73. The van der Waals surface area contributed by atoms with Gasteiger partial charge in [-0.3, -0.25) is 4.79 Å². The van der Waals surface area contributed by atoms with Gasteiger partial charge in [0.2, 0.25) is 0 Å². The Morgan fingerprint density at radius 1 is 0.867 bits per heavy atom. The number of ether oxygens (including phenoxy) is 1. The molecule has 0 aliphatic rings.